The molecule has 9 nitrogen and oxygen atoms in total. The van der Waals surface area contributed by atoms with Crippen molar-refractivity contribution in [2.75, 3.05) is 0 Å². The van der Waals surface area contributed by atoms with Gasteiger partial charge in [-0.3, -0.25) is 14.3 Å². The quantitative estimate of drug-likeness (QED) is 0.352. The number of nitrogens with zero attached hydrogens (tertiary/aromatic N) is 1. The van der Waals surface area contributed by atoms with Gasteiger partial charge in [-0.15, -0.1) is 0 Å². The zero-order valence-corrected chi connectivity index (χ0v) is 27.9. The molecule has 0 aliphatic carbocycles. The van der Waals surface area contributed by atoms with E-state index in [0.717, 1.165) is 0 Å². The maximum atomic E-state index is 13.7. The SMILES string of the molecule is Cc1cn([C@H]2C[C@H](O[Si](C)(C)C(C)(C)C)[C@@H](C(O[Si](C)(C)C(C)(C)C)C(=O)OC(C)(C)C)O2)c(=O)[nH]c1=O. The number of esters is 1. The van der Waals surface area contributed by atoms with Gasteiger partial charge >= 0.3 is 11.7 Å². The first kappa shape index (κ1) is 32.7. The predicted molar refractivity (Wildman–Crippen MR) is 155 cm³/mol. The van der Waals surface area contributed by atoms with Crippen LogP contribution in [0.4, 0.5) is 0 Å². The lowest BCUT2D eigenvalue weighted by Gasteiger charge is -2.43. The number of hydrogen-bond donors (Lipinski definition) is 1. The van der Waals surface area contributed by atoms with Crippen LogP contribution in [0.3, 0.4) is 0 Å². The summed E-state index contributed by atoms with van der Waals surface area (Å²) in [5, 5.41) is -0.267. The van der Waals surface area contributed by atoms with Crippen LogP contribution < -0.4 is 11.2 Å². The Morgan fingerprint density at radius 3 is 2.00 bits per heavy atom. The highest BCUT2D eigenvalue weighted by atomic mass is 28.4. The van der Waals surface area contributed by atoms with Crippen molar-refractivity contribution < 1.29 is 23.1 Å². The summed E-state index contributed by atoms with van der Waals surface area (Å²) in [6.07, 6.45) is -1.31. The van der Waals surface area contributed by atoms with Crippen LogP contribution in [0.2, 0.25) is 36.3 Å². The van der Waals surface area contributed by atoms with Crippen LogP contribution in [0.15, 0.2) is 15.8 Å². The van der Waals surface area contributed by atoms with E-state index < -0.39 is 64.0 Å². The second-order valence-electron chi connectivity index (χ2n) is 14.5. The predicted octanol–water partition coefficient (Wildman–Crippen LogP) is 5.26. The molecular formula is C27H50N2O7Si2. The van der Waals surface area contributed by atoms with Crippen LogP contribution in [0, 0.1) is 6.92 Å². The van der Waals surface area contributed by atoms with Gasteiger partial charge in [0.05, 0.1) is 6.10 Å². The maximum Gasteiger partial charge on any atom is 0.337 e. The fraction of sp³-hybridized carbons (Fsp3) is 0.815. The fourth-order valence-electron chi connectivity index (χ4n) is 3.68. The average Bonchev–Trinajstić information content (AvgIpc) is 3.08. The monoisotopic (exact) mass is 570 g/mol. The molecule has 38 heavy (non-hydrogen) atoms. The molecule has 1 fully saturated rings. The number of aromatic amines is 1. The normalized spacial score (nSPS) is 22.4. The van der Waals surface area contributed by atoms with Crippen LogP contribution in [0.1, 0.15) is 80.5 Å². The minimum absolute atomic E-state index is 0.0945. The molecule has 0 spiro atoms. The van der Waals surface area contributed by atoms with E-state index in [2.05, 4.69) is 72.7 Å². The molecule has 0 amide bonds. The third kappa shape index (κ3) is 7.56. The number of carbonyl (C=O) groups is 1. The third-order valence-electron chi connectivity index (χ3n) is 7.99. The number of nitrogens with one attached hydrogen (secondary N) is 1. The average molecular weight is 571 g/mol. The topological polar surface area (TPSA) is 109 Å². The van der Waals surface area contributed by atoms with Gasteiger partial charge in [0.15, 0.2) is 22.7 Å². The summed E-state index contributed by atoms with van der Waals surface area (Å²) >= 11 is 0. The molecule has 0 radical (unpaired) electrons. The van der Waals surface area contributed by atoms with Gasteiger partial charge in [0, 0.05) is 18.2 Å². The summed E-state index contributed by atoms with van der Waals surface area (Å²) < 4.78 is 27.2. The summed E-state index contributed by atoms with van der Waals surface area (Å²) in [5.74, 6) is -0.512. The highest BCUT2D eigenvalue weighted by Crippen LogP contribution is 2.44. The first-order valence-electron chi connectivity index (χ1n) is 13.4. The Hall–Kier alpha value is -1.54. The van der Waals surface area contributed by atoms with Crippen molar-refractivity contribution >= 4 is 22.6 Å². The smallest absolute Gasteiger partial charge is 0.337 e. The zero-order valence-electron chi connectivity index (χ0n) is 25.9. The van der Waals surface area contributed by atoms with Crippen molar-refractivity contribution in [3.8, 4) is 0 Å². The van der Waals surface area contributed by atoms with Crippen molar-refractivity contribution in [3.05, 3.63) is 32.6 Å². The molecule has 1 N–H and O–H groups in total. The Labute approximate surface area is 229 Å². The van der Waals surface area contributed by atoms with Crippen molar-refractivity contribution in [2.45, 2.75) is 142 Å². The summed E-state index contributed by atoms with van der Waals surface area (Å²) in [6.45, 7) is 28.3. The number of carbonyl (C=O) groups excluding carboxylic acids is 1. The molecule has 2 rings (SSSR count). The number of H-pyrrole nitrogens is 1. The Bertz CT molecular complexity index is 1120. The number of rotatable bonds is 7. The minimum Gasteiger partial charge on any atom is -0.458 e. The van der Waals surface area contributed by atoms with Crippen LogP contribution in [-0.2, 0) is 23.1 Å². The van der Waals surface area contributed by atoms with Crippen molar-refractivity contribution in [1.82, 2.24) is 9.55 Å². The zero-order chi connectivity index (χ0) is 29.6. The highest BCUT2D eigenvalue weighted by Gasteiger charge is 2.53. The van der Waals surface area contributed by atoms with Crippen LogP contribution >= 0.6 is 0 Å². The lowest BCUT2D eigenvalue weighted by atomic mass is 10.1. The Balaban J connectivity index is 2.64. The molecule has 1 unspecified atom stereocenters. The fourth-order valence-corrected chi connectivity index (χ4v) is 6.24. The molecule has 11 heteroatoms. The van der Waals surface area contributed by atoms with E-state index in [-0.39, 0.29) is 10.1 Å². The van der Waals surface area contributed by atoms with E-state index in [0.29, 0.717) is 12.0 Å². The van der Waals surface area contributed by atoms with Gasteiger partial charge in [0.25, 0.3) is 5.56 Å². The molecule has 1 aromatic heterocycles. The van der Waals surface area contributed by atoms with Gasteiger partial charge in [-0.05, 0) is 64.0 Å². The van der Waals surface area contributed by atoms with E-state index in [1.165, 1.54) is 10.8 Å². The molecule has 0 aromatic carbocycles. The molecule has 1 aliphatic rings. The summed E-state index contributed by atoms with van der Waals surface area (Å²) in [5.41, 5.74) is -1.36. The molecule has 4 atom stereocenters. The number of hydrogen-bond acceptors (Lipinski definition) is 7. The van der Waals surface area contributed by atoms with E-state index in [4.69, 9.17) is 18.3 Å². The van der Waals surface area contributed by atoms with Gasteiger partial charge < -0.3 is 18.3 Å². The van der Waals surface area contributed by atoms with Gasteiger partial charge in [0.2, 0.25) is 0 Å². The lowest BCUT2D eigenvalue weighted by molar-refractivity contribution is -0.175. The van der Waals surface area contributed by atoms with Crippen molar-refractivity contribution in [3.63, 3.8) is 0 Å². The van der Waals surface area contributed by atoms with Gasteiger partial charge in [0.1, 0.15) is 17.9 Å². The first-order chi connectivity index (χ1) is 16.9. The molecule has 1 aliphatic heterocycles. The molecule has 0 bridgehead atoms. The second kappa shape index (κ2) is 10.8. The molecule has 1 aromatic rings. The lowest BCUT2D eigenvalue weighted by Crippen LogP contribution is -2.55. The summed E-state index contributed by atoms with van der Waals surface area (Å²) in [4.78, 5) is 40.8. The van der Waals surface area contributed by atoms with Crippen LogP contribution in [-0.4, -0.2) is 56.1 Å². The standard InChI is InChI=1S/C27H50N2O7Si2/c1-17-16-29(24(32)28-22(17)30)19-15-18(35-37(11,12)26(5,6)7)20(33-19)21(23(31)34-25(2,3)4)36-38(13,14)27(8,9)10/h16,18-21H,15H2,1-14H3,(H,28,30,32)/t18-,19+,20-,21?/m0/s1. The molecular weight excluding hydrogens is 520 g/mol. The van der Waals surface area contributed by atoms with Gasteiger partial charge in [-0.25, -0.2) is 9.59 Å². The van der Waals surface area contributed by atoms with E-state index >= 15 is 0 Å². The van der Waals surface area contributed by atoms with E-state index in [1.54, 1.807) is 6.92 Å². The molecule has 2 heterocycles. The van der Waals surface area contributed by atoms with Gasteiger partial charge in [-0.2, -0.15) is 0 Å². The van der Waals surface area contributed by atoms with Crippen LogP contribution in [0.5, 0.6) is 0 Å². The van der Waals surface area contributed by atoms with Crippen molar-refractivity contribution in [2.24, 2.45) is 0 Å². The number of aromatic nitrogens is 2. The molecule has 218 valence electrons. The largest absolute Gasteiger partial charge is 0.458 e. The van der Waals surface area contributed by atoms with Gasteiger partial charge in [-0.1, -0.05) is 41.5 Å². The Kier molecular flexibility index (Phi) is 9.28. The first-order valence-corrected chi connectivity index (χ1v) is 19.2. The van der Waals surface area contributed by atoms with Crippen molar-refractivity contribution in [1.29, 1.82) is 0 Å². The summed E-state index contributed by atoms with van der Waals surface area (Å²) in [6, 6.07) is 0. The number of ether oxygens (including phenoxy) is 2. The Morgan fingerprint density at radius 2 is 1.53 bits per heavy atom. The highest BCUT2D eigenvalue weighted by molar-refractivity contribution is 6.74. The minimum atomic E-state index is -2.47. The van der Waals surface area contributed by atoms with E-state index in [1.807, 2.05) is 20.8 Å². The third-order valence-corrected chi connectivity index (χ3v) is 16.9. The molecule has 0 saturated carbocycles. The summed E-state index contributed by atoms with van der Waals surface area (Å²) in [7, 11) is -4.79. The number of aryl methyl sites for hydroxylation is 1. The second-order valence-corrected chi connectivity index (χ2v) is 24.0. The Morgan fingerprint density at radius 1 is 1.00 bits per heavy atom. The maximum absolute atomic E-state index is 13.7. The molecule has 1 saturated heterocycles. The van der Waals surface area contributed by atoms with Crippen LogP contribution in [0.25, 0.3) is 0 Å². The van der Waals surface area contributed by atoms with E-state index in [9.17, 15) is 14.4 Å².